The lowest BCUT2D eigenvalue weighted by Crippen LogP contribution is -2.23. The summed E-state index contributed by atoms with van der Waals surface area (Å²) in [5, 5.41) is 0. The molecule has 0 rings (SSSR count). The summed E-state index contributed by atoms with van der Waals surface area (Å²) in [4.78, 5) is 11.2. The van der Waals surface area contributed by atoms with Crippen LogP contribution < -0.4 is 0 Å². The molecular weight excluding hydrogens is 220 g/mol. The van der Waals surface area contributed by atoms with Crippen LogP contribution in [0.1, 0.15) is 27.2 Å². The third-order valence-corrected chi connectivity index (χ3v) is 5.52. The SMILES string of the molecule is C=C(C)C(=O)OCC[SiH](CCC)COCC. The number of hydrogen-bond acceptors (Lipinski definition) is 3. The molecule has 3 nitrogen and oxygen atoms in total. The summed E-state index contributed by atoms with van der Waals surface area (Å²) >= 11 is 0. The molecule has 1 unspecified atom stereocenters. The minimum absolute atomic E-state index is 0.277. The van der Waals surface area contributed by atoms with Gasteiger partial charge in [0.1, 0.15) is 0 Å². The van der Waals surface area contributed by atoms with Crippen molar-refractivity contribution in [1.29, 1.82) is 0 Å². The Kier molecular flexibility index (Phi) is 9.23. The number of rotatable bonds is 9. The fourth-order valence-corrected chi connectivity index (χ4v) is 3.90. The van der Waals surface area contributed by atoms with Crippen LogP contribution in [0.5, 0.6) is 0 Å². The van der Waals surface area contributed by atoms with Crippen molar-refractivity contribution >= 4 is 14.8 Å². The minimum Gasteiger partial charge on any atom is -0.463 e. The molecule has 0 aromatic heterocycles. The van der Waals surface area contributed by atoms with Crippen molar-refractivity contribution in [3.63, 3.8) is 0 Å². The number of carbonyl (C=O) groups is 1. The standard InChI is InChI=1S/C12H24O3Si/c1-5-8-16(10-14-6-2)9-7-15-12(13)11(3)4/h16H,3,5-10H2,1-2,4H3. The Labute approximate surface area is 100 Å². The van der Waals surface area contributed by atoms with Gasteiger partial charge < -0.3 is 9.47 Å². The van der Waals surface area contributed by atoms with Gasteiger partial charge in [-0.2, -0.15) is 0 Å². The van der Waals surface area contributed by atoms with E-state index in [-0.39, 0.29) is 5.97 Å². The Morgan fingerprint density at radius 3 is 2.50 bits per heavy atom. The van der Waals surface area contributed by atoms with Crippen molar-refractivity contribution < 1.29 is 14.3 Å². The van der Waals surface area contributed by atoms with Gasteiger partial charge in [-0.15, -0.1) is 0 Å². The smallest absolute Gasteiger partial charge is 0.333 e. The van der Waals surface area contributed by atoms with E-state index in [0.717, 1.165) is 18.9 Å². The summed E-state index contributed by atoms with van der Waals surface area (Å²) in [6, 6.07) is 2.26. The minimum atomic E-state index is -0.871. The van der Waals surface area contributed by atoms with Crippen LogP contribution in [0.3, 0.4) is 0 Å². The molecule has 0 saturated carbocycles. The van der Waals surface area contributed by atoms with Crippen molar-refractivity contribution in [2.24, 2.45) is 0 Å². The summed E-state index contributed by atoms with van der Waals surface area (Å²) in [7, 11) is -0.871. The number of hydrogen-bond donors (Lipinski definition) is 0. The van der Waals surface area contributed by atoms with E-state index in [1.807, 2.05) is 6.92 Å². The molecule has 16 heavy (non-hydrogen) atoms. The van der Waals surface area contributed by atoms with E-state index in [1.54, 1.807) is 6.92 Å². The molecule has 0 spiro atoms. The van der Waals surface area contributed by atoms with Crippen LogP contribution in [0.25, 0.3) is 0 Å². The Morgan fingerprint density at radius 1 is 1.31 bits per heavy atom. The van der Waals surface area contributed by atoms with Gasteiger partial charge in [-0.25, -0.2) is 4.79 Å². The highest BCUT2D eigenvalue weighted by Crippen LogP contribution is 2.05. The van der Waals surface area contributed by atoms with E-state index in [9.17, 15) is 4.79 Å². The lowest BCUT2D eigenvalue weighted by atomic mass is 10.4. The monoisotopic (exact) mass is 244 g/mol. The molecule has 0 N–H and O–H groups in total. The van der Waals surface area contributed by atoms with Crippen LogP contribution in [0, 0.1) is 0 Å². The first-order valence-corrected chi connectivity index (χ1v) is 8.47. The topological polar surface area (TPSA) is 35.5 Å². The third kappa shape index (κ3) is 7.65. The highest BCUT2D eigenvalue weighted by atomic mass is 28.3. The molecule has 0 aliphatic rings. The van der Waals surface area contributed by atoms with Gasteiger partial charge in [0, 0.05) is 18.4 Å². The summed E-state index contributed by atoms with van der Waals surface area (Å²) in [5.41, 5.74) is 0.471. The van der Waals surface area contributed by atoms with Gasteiger partial charge in [0.05, 0.1) is 15.4 Å². The number of esters is 1. The van der Waals surface area contributed by atoms with Gasteiger partial charge in [-0.3, -0.25) is 0 Å². The van der Waals surface area contributed by atoms with Crippen molar-refractivity contribution in [3.8, 4) is 0 Å². The Hall–Kier alpha value is -0.613. The Bertz CT molecular complexity index is 216. The highest BCUT2D eigenvalue weighted by molar-refractivity contribution is 6.58. The van der Waals surface area contributed by atoms with Crippen LogP contribution in [-0.4, -0.2) is 34.2 Å². The van der Waals surface area contributed by atoms with Crippen LogP contribution >= 0.6 is 0 Å². The molecule has 0 radical (unpaired) electrons. The number of carbonyl (C=O) groups excluding carboxylic acids is 1. The van der Waals surface area contributed by atoms with E-state index < -0.39 is 8.80 Å². The van der Waals surface area contributed by atoms with E-state index in [0.29, 0.717) is 12.2 Å². The van der Waals surface area contributed by atoms with Gasteiger partial charge in [0.25, 0.3) is 0 Å². The van der Waals surface area contributed by atoms with Crippen molar-refractivity contribution in [3.05, 3.63) is 12.2 Å². The molecule has 1 atom stereocenters. The van der Waals surface area contributed by atoms with E-state index in [2.05, 4.69) is 13.5 Å². The largest absolute Gasteiger partial charge is 0.463 e. The molecule has 0 fully saturated rings. The Morgan fingerprint density at radius 2 is 2.00 bits per heavy atom. The molecule has 94 valence electrons. The van der Waals surface area contributed by atoms with Gasteiger partial charge >= 0.3 is 5.97 Å². The van der Waals surface area contributed by atoms with Gasteiger partial charge in [0.15, 0.2) is 0 Å². The van der Waals surface area contributed by atoms with Crippen molar-refractivity contribution in [1.82, 2.24) is 0 Å². The maximum Gasteiger partial charge on any atom is 0.333 e. The molecule has 0 bridgehead atoms. The molecular formula is C12H24O3Si. The second-order valence-corrected chi connectivity index (χ2v) is 7.24. The zero-order valence-corrected chi connectivity index (χ0v) is 11.9. The van der Waals surface area contributed by atoms with E-state index in [4.69, 9.17) is 9.47 Å². The third-order valence-electron chi connectivity index (χ3n) is 2.36. The first-order chi connectivity index (χ1) is 7.61. The molecule has 0 amide bonds. The Balaban J connectivity index is 3.74. The van der Waals surface area contributed by atoms with Crippen molar-refractivity contribution in [2.45, 2.75) is 39.3 Å². The molecule has 0 saturated heterocycles. The first-order valence-electron chi connectivity index (χ1n) is 6.02. The molecule has 0 heterocycles. The van der Waals surface area contributed by atoms with E-state index in [1.165, 1.54) is 12.5 Å². The van der Waals surface area contributed by atoms with Gasteiger partial charge in [-0.1, -0.05) is 26.0 Å². The van der Waals surface area contributed by atoms with Crippen LogP contribution in [0.15, 0.2) is 12.2 Å². The van der Waals surface area contributed by atoms with Gasteiger partial charge in [0.2, 0.25) is 0 Å². The molecule has 4 heteroatoms. The van der Waals surface area contributed by atoms with Crippen LogP contribution in [0.2, 0.25) is 12.1 Å². The predicted octanol–water partition coefficient (Wildman–Crippen LogP) is 2.32. The maximum atomic E-state index is 11.2. The number of ether oxygens (including phenoxy) is 2. The van der Waals surface area contributed by atoms with E-state index >= 15 is 0 Å². The van der Waals surface area contributed by atoms with Crippen LogP contribution in [-0.2, 0) is 14.3 Å². The summed E-state index contributed by atoms with van der Waals surface area (Å²) in [6.07, 6.45) is 2.09. The quantitative estimate of drug-likeness (QED) is 0.355. The van der Waals surface area contributed by atoms with Crippen molar-refractivity contribution in [2.75, 3.05) is 19.4 Å². The zero-order chi connectivity index (χ0) is 12.4. The molecule has 0 aliphatic heterocycles. The zero-order valence-electron chi connectivity index (χ0n) is 10.8. The second-order valence-electron chi connectivity index (χ2n) is 4.02. The fraction of sp³-hybridized carbons (Fsp3) is 0.750. The predicted molar refractivity (Wildman–Crippen MR) is 69.3 cm³/mol. The normalized spacial score (nSPS) is 12.2. The summed E-state index contributed by atoms with van der Waals surface area (Å²) in [5.74, 6) is -0.277. The molecule has 0 aromatic rings. The molecule has 0 aliphatic carbocycles. The van der Waals surface area contributed by atoms with Crippen LogP contribution in [0.4, 0.5) is 0 Å². The maximum absolute atomic E-state index is 11.2. The fourth-order valence-electron chi connectivity index (χ4n) is 1.45. The second kappa shape index (κ2) is 9.60. The highest BCUT2D eigenvalue weighted by Gasteiger charge is 2.11. The lowest BCUT2D eigenvalue weighted by Gasteiger charge is -2.14. The summed E-state index contributed by atoms with van der Waals surface area (Å²) < 4.78 is 10.6. The lowest BCUT2D eigenvalue weighted by molar-refractivity contribution is -0.138. The first kappa shape index (κ1) is 15.4. The summed E-state index contributed by atoms with van der Waals surface area (Å²) in [6.45, 7) is 10.7. The van der Waals surface area contributed by atoms with Gasteiger partial charge in [-0.05, 0) is 19.9 Å². The molecule has 0 aromatic carbocycles. The average Bonchev–Trinajstić information content (AvgIpc) is 2.25. The average molecular weight is 244 g/mol.